The Balaban J connectivity index is 1.38. The van der Waals surface area contributed by atoms with Crippen molar-refractivity contribution >= 4 is 28.3 Å². The Morgan fingerprint density at radius 2 is 2.04 bits per heavy atom. The smallest absolute Gasteiger partial charge is 0.251 e. The van der Waals surface area contributed by atoms with E-state index in [0.29, 0.717) is 23.2 Å². The van der Waals surface area contributed by atoms with Crippen LogP contribution < -0.4 is 5.32 Å². The number of hydrogen-bond donors (Lipinski definition) is 1. The normalized spacial score (nSPS) is 10.9. The first kappa shape index (κ1) is 15.5. The van der Waals surface area contributed by atoms with Crippen LogP contribution in [0.2, 0.25) is 0 Å². The van der Waals surface area contributed by atoms with Gasteiger partial charge < -0.3 is 9.73 Å². The number of hydrogen-bond acceptors (Lipinski definition) is 5. The molecule has 0 aliphatic rings. The zero-order chi connectivity index (χ0) is 17.1. The molecule has 0 radical (unpaired) electrons. The molecule has 1 amide bonds. The number of benzene rings is 2. The minimum absolute atomic E-state index is 0.150. The van der Waals surface area contributed by atoms with Crippen molar-refractivity contribution in [2.24, 2.45) is 0 Å². The van der Waals surface area contributed by atoms with Gasteiger partial charge in [0.2, 0.25) is 0 Å². The van der Waals surface area contributed by atoms with Crippen LogP contribution in [0.5, 0.6) is 0 Å². The summed E-state index contributed by atoms with van der Waals surface area (Å²) in [7, 11) is 0. The molecule has 0 spiro atoms. The SMILES string of the molecule is O=C(NCc1csc(Cc2ccccc2)n1)c1ccc2ocnc2c1. The van der Waals surface area contributed by atoms with Gasteiger partial charge in [0.25, 0.3) is 5.91 Å². The number of carbonyl (C=O) groups is 1. The highest BCUT2D eigenvalue weighted by molar-refractivity contribution is 7.09. The number of nitrogens with one attached hydrogen (secondary N) is 1. The number of rotatable bonds is 5. The monoisotopic (exact) mass is 349 g/mol. The lowest BCUT2D eigenvalue weighted by atomic mass is 10.2. The molecule has 2 aromatic carbocycles. The van der Waals surface area contributed by atoms with E-state index < -0.39 is 0 Å². The molecule has 25 heavy (non-hydrogen) atoms. The molecule has 5 nitrogen and oxygen atoms in total. The average Bonchev–Trinajstić information content (AvgIpc) is 3.29. The van der Waals surface area contributed by atoms with Crippen LogP contribution >= 0.6 is 11.3 Å². The predicted octanol–water partition coefficient (Wildman–Crippen LogP) is 3.81. The van der Waals surface area contributed by atoms with E-state index in [4.69, 9.17) is 4.42 Å². The summed E-state index contributed by atoms with van der Waals surface area (Å²) in [5.74, 6) is -0.150. The van der Waals surface area contributed by atoms with E-state index in [1.807, 2.05) is 23.6 Å². The number of oxazole rings is 1. The summed E-state index contributed by atoms with van der Waals surface area (Å²) in [5, 5.41) is 5.92. The highest BCUT2D eigenvalue weighted by atomic mass is 32.1. The largest absolute Gasteiger partial charge is 0.443 e. The van der Waals surface area contributed by atoms with Crippen molar-refractivity contribution in [3.63, 3.8) is 0 Å². The average molecular weight is 349 g/mol. The van der Waals surface area contributed by atoms with Gasteiger partial charge in [-0.05, 0) is 23.8 Å². The lowest BCUT2D eigenvalue weighted by molar-refractivity contribution is 0.0950. The fraction of sp³-hybridized carbons (Fsp3) is 0.105. The van der Waals surface area contributed by atoms with Crippen molar-refractivity contribution in [3.8, 4) is 0 Å². The van der Waals surface area contributed by atoms with Crippen LogP contribution in [0.15, 0.2) is 64.7 Å². The zero-order valence-corrected chi connectivity index (χ0v) is 14.1. The molecule has 0 unspecified atom stereocenters. The Morgan fingerprint density at radius 3 is 2.92 bits per heavy atom. The highest BCUT2D eigenvalue weighted by Crippen LogP contribution is 2.16. The van der Waals surface area contributed by atoms with E-state index in [2.05, 4.69) is 27.4 Å². The van der Waals surface area contributed by atoms with Gasteiger partial charge in [-0.2, -0.15) is 0 Å². The molecular formula is C19H15N3O2S. The lowest BCUT2D eigenvalue weighted by Gasteiger charge is -2.03. The van der Waals surface area contributed by atoms with Crippen LogP contribution in [0.4, 0.5) is 0 Å². The Labute approximate surface area is 148 Å². The van der Waals surface area contributed by atoms with Gasteiger partial charge in [-0.15, -0.1) is 11.3 Å². The minimum Gasteiger partial charge on any atom is -0.443 e. The van der Waals surface area contributed by atoms with Crippen molar-refractivity contribution < 1.29 is 9.21 Å². The second-order valence-corrected chi connectivity index (χ2v) is 6.56. The second kappa shape index (κ2) is 6.86. The maximum atomic E-state index is 12.3. The second-order valence-electron chi connectivity index (χ2n) is 5.61. The van der Waals surface area contributed by atoms with E-state index in [9.17, 15) is 4.79 Å². The molecule has 0 aliphatic heterocycles. The maximum Gasteiger partial charge on any atom is 0.251 e. The molecule has 0 saturated heterocycles. The molecule has 2 aromatic heterocycles. The predicted molar refractivity (Wildman–Crippen MR) is 96.5 cm³/mol. The summed E-state index contributed by atoms with van der Waals surface area (Å²) in [6.45, 7) is 0.404. The quantitative estimate of drug-likeness (QED) is 0.595. The molecule has 6 heteroatoms. The molecule has 4 aromatic rings. The third-order valence-corrected chi connectivity index (χ3v) is 4.72. The first-order valence-electron chi connectivity index (χ1n) is 7.86. The Kier molecular flexibility index (Phi) is 4.26. The Morgan fingerprint density at radius 1 is 1.16 bits per heavy atom. The van der Waals surface area contributed by atoms with Gasteiger partial charge in [0.05, 0.1) is 17.2 Å². The van der Waals surface area contributed by atoms with Gasteiger partial charge in [-0.3, -0.25) is 4.79 Å². The van der Waals surface area contributed by atoms with Gasteiger partial charge in [0.15, 0.2) is 12.0 Å². The molecule has 0 fully saturated rings. The molecule has 2 heterocycles. The van der Waals surface area contributed by atoms with E-state index in [0.717, 1.165) is 17.1 Å². The van der Waals surface area contributed by atoms with Crippen molar-refractivity contribution in [3.05, 3.63) is 82.1 Å². The van der Waals surface area contributed by atoms with E-state index in [-0.39, 0.29) is 5.91 Å². The van der Waals surface area contributed by atoms with Crippen LogP contribution in [0.1, 0.15) is 26.6 Å². The minimum atomic E-state index is -0.150. The Bertz CT molecular complexity index is 1010. The van der Waals surface area contributed by atoms with Gasteiger partial charge in [0.1, 0.15) is 5.52 Å². The summed E-state index contributed by atoms with van der Waals surface area (Å²) in [6, 6.07) is 15.4. The Hall–Kier alpha value is -2.99. The van der Waals surface area contributed by atoms with E-state index in [1.165, 1.54) is 12.0 Å². The van der Waals surface area contributed by atoms with Crippen LogP contribution in [-0.2, 0) is 13.0 Å². The standard InChI is InChI=1S/C19H15N3O2S/c23-19(14-6-7-17-16(9-14)21-12-24-17)20-10-15-11-25-18(22-15)8-13-4-2-1-3-5-13/h1-7,9,11-12H,8,10H2,(H,20,23). The number of amides is 1. The summed E-state index contributed by atoms with van der Waals surface area (Å²) < 4.78 is 5.18. The third-order valence-electron chi connectivity index (χ3n) is 3.82. The molecule has 0 aliphatic carbocycles. The molecule has 124 valence electrons. The first-order valence-corrected chi connectivity index (χ1v) is 8.74. The van der Waals surface area contributed by atoms with Gasteiger partial charge in [0, 0.05) is 17.4 Å². The summed E-state index contributed by atoms with van der Waals surface area (Å²) in [4.78, 5) is 20.9. The topological polar surface area (TPSA) is 68.0 Å². The van der Waals surface area contributed by atoms with Crippen LogP contribution in [0.25, 0.3) is 11.1 Å². The molecular weight excluding hydrogens is 334 g/mol. The summed E-state index contributed by atoms with van der Waals surface area (Å²) in [5.41, 5.74) is 3.99. The molecule has 0 saturated carbocycles. The van der Waals surface area contributed by atoms with E-state index >= 15 is 0 Å². The highest BCUT2D eigenvalue weighted by Gasteiger charge is 2.09. The molecule has 0 atom stereocenters. The molecule has 0 bridgehead atoms. The lowest BCUT2D eigenvalue weighted by Crippen LogP contribution is -2.22. The van der Waals surface area contributed by atoms with Crippen molar-refractivity contribution in [1.29, 1.82) is 0 Å². The van der Waals surface area contributed by atoms with Crippen LogP contribution in [0.3, 0.4) is 0 Å². The number of carbonyl (C=O) groups excluding carboxylic acids is 1. The van der Waals surface area contributed by atoms with Gasteiger partial charge in [-0.25, -0.2) is 9.97 Å². The third kappa shape index (κ3) is 3.59. The molecule has 1 N–H and O–H groups in total. The molecule has 4 rings (SSSR count). The van der Waals surface area contributed by atoms with Crippen LogP contribution in [-0.4, -0.2) is 15.9 Å². The van der Waals surface area contributed by atoms with Gasteiger partial charge in [-0.1, -0.05) is 30.3 Å². The van der Waals surface area contributed by atoms with Crippen molar-refractivity contribution in [2.75, 3.05) is 0 Å². The number of nitrogens with zero attached hydrogens (tertiary/aromatic N) is 2. The maximum absolute atomic E-state index is 12.3. The summed E-state index contributed by atoms with van der Waals surface area (Å²) in [6.07, 6.45) is 2.18. The zero-order valence-electron chi connectivity index (χ0n) is 13.3. The fourth-order valence-corrected chi connectivity index (χ4v) is 3.38. The number of aromatic nitrogens is 2. The number of fused-ring (bicyclic) bond motifs is 1. The fourth-order valence-electron chi connectivity index (χ4n) is 2.55. The first-order chi connectivity index (χ1) is 12.3. The number of thiazole rings is 1. The van der Waals surface area contributed by atoms with E-state index in [1.54, 1.807) is 29.5 Å². The van der Waals surface area contributed by atoms with Crippen molar-refractivity contribution in [2.45, 2.75) is 13.0 Å². The van der Waals surface area contributed by atoms with Crippen molar-refractivity contribution in [1.82, 2.24) is 15.3 Å². The van der Waals surface area contributed by atoms with Gasteiger partial charge >= 0.3 is 0 Å². The van der Waals surface area contributed by atoms with Crippen LogP contribution in [0, 0.1) is 0 Å². The summed E-state index contributed by atoms with van der Waals surface area (Å²) >= 11 is 1.61.